The predicted molar refractivity (Wildman–Crippen MR) is 442 cm³/mol. The van der Waals surface area contributed by atoms with Crippen molar-refractivity contribution >= 4 is 110 Å². The van der Waals surface area contributed by atoms with Crippen LogP contribution in [0.2, 0.25) is 0 Å². The van der Waals surface area contributed by atoms with Gasteiger partial charge in [-0.2, -0.15) is 8.42 Å². The second-order valence-corrected chi connectivity index (χ2v) is 32.2. The average Bonchev–Trinajstić information content (AvgIpc) is 0.858. The minimum Gasteiger partial charge on any atom is -0.508 e. The van der Waals surface area contributed by atoms with Gasteiger partial charge in [0.15, 0.2) is 5.96 Å². The molecule has 2 saturated heterocycles. The Hall–Kier alpha value is -10.8. The Kier molecular flexibility index (Phi) is 43.0. The second-order valence-electron chi connectivity index (χ2n) is 30.7. The lowest BCUT2D eigenvalue weighted by molar-refractivity contribution is -0.140. The van der Waals surface area contributed by atoms with Gasteiger partial charge in [0.2, 0.25) is 65.0 Å². The van der Waals surface area contributed by atoms with Crippen LogP contribution in [0.4, 0.5) is 0 Å². The number of phenolic OH excluding ortho intramolecular Hbond substituents is 1. The summed E-state index contributed by atoms with van der Waals surface area (Å²) in [5, 5.41) is 73.7. The van der Waals surface area contributed by atoms with Crippen molar-refractivity contribution < 1.29 is 101 Å². The van der Waals surface area contributed by atoms with E-state index in [9.17, 15) is 81.3 Å². The molecule has 666 valence electrons. The number of carboxylic acids is 3. The molecule has 0 aromatic heterocycles. The highest BCUT2D eigenvalue weighted by molar-refractivity contribution is 7.85. The molecule has 0 saturated carbocycles. The minimum atomic E-state index is -5.08. The van der Waals surface area contributed by atoms with Crippen molar-refractivity contribution in [2.45, 2.75) is 191 Å². The number of hydrogen-bond acceptors (Lipinski definition) is 24. The van der Waals surface area contributed by atoms with E-state index in [0.29, 0.717) is 43.5 Å². The fraction of sp³-hybridized carbons (Fsp3) is 0.603. The van der Waals surface area contributed by atoms with Gasteiger partial charge in [-0.1, -0.05) is 82.3 Å². The SMILES string of the molecule is CC(C)NCCCC[C@H](NC(=O)[C@H]1CCC(=O)N[C@@H](CCCNC(=O)C(CS(=O)(=O)O)NC(=O)CN2CCN(CC(=O)O)CCN(CC(=O)O)CCN(CC(=O)O)CC2)C(=O)N[C@@H](Cc2ccc(O)cc2)C(=O)N[C@@H](CCCCNC(C)C)C(=O)N[C@H](CCCN=C(N)N)C(=O)N[C@@H](Cc2ccc3ccccc3c2)C(=O)N[C@H](C)C(=O)N1)C(N)=O. The monoisotopic (exact) mass is 1710 g/mol. The summed E-state index contributed by atoms with van der Waals surface area (Å²) in [6.07, 6.45) is -0.965. The Bertz CT molecular complexity index is 4050. The van der Waals surface area contributed by atoms with E-state index in [4.69, 9.17) is 17.2 Å². The van der Waals surface area contributed by atoms with E-state index in [1.165, 1.54) is 50.8 Å². The van der Waals surface area contributed by atoms with E-state index >= 15 is 19.2 Å². The summed E-state index contributed by atoms with van der Waals surface area (Å²) in [5.41, 5.74) is 18.1. The number of fused-ring (bicyclic) bond motifs is 1. The standard InChI is InChI=1S/C78H122N20O21S/c1-48(2)82-28-10-8-16-56(69(79)108)89-75(114)60-26-27-64(100)87-57(18-12-30-84-71(110)63(47-120(117,118)119)88-65(101)43-95-32-34-96(44-66(102)103)36-38-98(46-68(106)107)39-37-97(35-33-95)45-67(104)105)72(111)93-61(41-51-21-24-55(99)25-22-51)77(116)92-58(17-9-11-29-83-49(3)4)73(112)91-59(19-13-31-85-78(80)81)74(113)94-62(76(115)86-50(5)70(109)90-60)42-52-20-23-53-14-6-7-15-54(53)40-52/h6-7,14-15,20-25,40,48-50,56-63,82-83,99H,8-13,16-19,26-39,41-47H2,1-5H3,(H2,79,108)(H,84,110)(H,86,115)(H,87,100)(H,88,101)(H,89,114)(H,90,109)(H,91,112)(H,92,116)(H,93,111)(H,94,113)(H,102,103)(H,104,105)(H,106,107)(H4,80,81,85)(H,117,118,119)/t50-,56+,57+,58+,59-,60-,61+,62+,63?/m1/s1. The van der Waals surface area contributed by atoms with Gasteiger partial charge in [-0.25, -0.2) is 0 Å². The number of benzene rings is 3. The van der Waals surface area contributed by atoms with Crippen molar-refractivity contribution in [3.8, 4) is 5.75 Å². The number of hydrogen-bond donors (Lipinski definition) is 20. The number of rotatable bonds is 39. The molecule has 23 N–H and O–H groups in total. The molecule has 42 heteroatoms. The lowest BCUT2D eigenvalue weighted by Gasteiger charge is -2.33. The molecule has 0 spiro atoms. The largest absolute Gasteiger partial charge is 0.508 e. The van der Waals surface area contributed by atoms with E-state index in [1.54, 1.807) is 12.1 Å². The number of aliphatic imine (C=N–C) groups is 1. The number of unbranched alkanes of at least 4 members (excludes halogenated alkanes) is 2. The van der Waals surface area contributed by atoms with E-state index in [1.807, 2.05) is 58.0 Å². The van der Waals surface area contributed by atoms with Crippen LogP contribution in [0.5, 0.6) is 5.75 Å². The zero-order chi connectivity index (χ0) is 88.6. The van der Waals surface area contributed by atoms with Gasteiger partial charge >= 0.3 is 17.9 Å². The lowest BCUT2D eigenvalue weighted by Crippen LogP contribution is -2.60. The van der Waals surface area contributed by atoms with Gasteiger partial charge in [-0.15, -0.1) is 0 Å². The summed E-state index contributed by atoms with van der Waals surface area (Å²) in [7, 11) is -5.08. The number of aromatic hydroxyl groups is 1. The van der Waals surface area contributed by atoms with Crippen LogP contribution in [-0.2, 0) is 90.1 Å². The van der Waals surface area contributed by atoms with Gasteiger partial charge in [0.25, 0.3) is 10.1 Å². The third kappa shape index (κ3) is 39.4. The second kappa shape index (κ2) is 51.7. The van der Waals surface area contributed by atoms with Crippen LogP contribution < -0.4 is 81.0 Å². The molecule has 5 rings (SSSR count). The number of carbonyl (C=O) groups excluding carboxylic acids is 11. The zero-order valence-corrected chi connectivity index (χ0v) is 69.6. The third-order valence-corrected chi connectivity index (χ3v) is 20.5. The van der Waals surface area contributed by atoms with Crippen molar-refractivity contribution in [2.75, 3.05) is 110 Å². The number of nitrogens with zero attached hydrogens (tertiary/aromatic N) is 5. The molecule has 120 heavy (non-hydrogen) atoms. The van der Waals surface area contributed by atoms with Gasteiger partial charge in [0.05, 0.1) is 26.2 Å². The first-order valence-corrected chi connectivity index (χ1v) is 42.0. The number of carboxylic acid groups (broad SMARTS) is 3. The Balaban J connectivity index is 1.57. The smallest absolute Gasteiger partial charge is 0.317 e. The Morgan fingerprint density at radius 3 is 1.48 bits per heavy atom. The zero-order valence-electron chi connectivity index (χ0n) is 68.8. The highest BCUT2D eigenvalue weighted by Gasteiger charge is 2.37. The van der Waals surface area contributed by atoms with Gasteiger partial charge in [0, 0.05) is 96.8 Å². The molecule has 1 unspecified atom stereocenters. The molecule has 2 heterocycles. The first-order chi connectivity index (χ1) is 56.8. The number of phenols is 1. The average molecular weight is 1710 g/mol. The Labute approximate surface area is 697 Å². The van der Waals surface area contributed by atoms with E-state index in [2.05, 4.69) is 68.8 Å². The highest BCUT2D eigenvalue weighted by atomic mass is 32.2. The van der Waals surface area contributed by atoms with Gasteiger partial charge in [-0.05, 0) is 125 Å². The molecule has 2 aliphatic rings. The van der Waals surface area contributed by atoms with Crippen LogP contribution in [0, 0.1) is 0 Å². The summed E-state index contributed by atoms with van der Waals surface area (Å²) >= 11 is 0. The summed E-state index contributed by atoms with van der Waals surface area (Å²) in [4.78, 5) is 206. The molecule has 0 bridgehead atoms. The number of aliphatic carboxylic acids is 3. The summed E-state index contributed by atoms with van der Waals surface area (Å²) in [5.74, 6) is -16.3. The molecule has 3 aromatic carbocycles. The summed E-state index contributed by atoms with van der Waals surface area (Å²) in [6.45, 7) is 7.63. The predicted octanol–water partition coefficient (Wildman–Crippen LogP) is -4.36. The Morgan fingerprint density at radius 2 is 0.975 bits per heavy atom. The molecular weight excluding hydrogens is 1590 g/mol. The molecule has 0 radical (unpaired) electrons. The number of nitrogens with one attached hydrogen (secondary N) is 12. The quantitative estimate of drug-likeness (QED) is 0.0111. The van der Waals surface area contributed by atoms with Crippen LogP contribution in [0.3, 0.4) is 0 Å². The van der Waals surface area contributed by atoms with Crippen molar-refractivity contribution in [2.24, 2.45) is 22.2 Å². The van der Waals surface area contributed by atoms with Crippen LogP contribution in [-0.4, -0.2) is 319 Å². The van der Waals surface area contributed by atoms with Crippen molar-refractivity contribution in [3.05, 3.63) is 77.9 Å². The van der Waals surface area contributed by atoms with E-state index in [0.717, 1.165) is 10.8 Å². The number of carbonyl (C=O) groups is 14. The van der Waals surface area contributed by atoms with Crippen LogP contribution >= 0.6 is 0 Å². The van der Waals surface area contributed by atoms with Crippen molar-refractivity contribution in [1.82, 2.24) is 83.4 Å². The first-order valence-electron chi connectivity index (χ1n) is 40.4. The van der Waals surface area contributed by atoms with E-state index in [-0.39, 0.29) is 134 Å². The highest BCUT2D eigenvalue weighted by Crippen LogP contribution is 2.19. The normalized spacial score (nSPS) is 20.7. The van der Waals surface area contributed by atoms with Crippen LogP contribution in [0.1, 0.15) is 123 Å². The molecule has 11 amide bonds. The van der Waals surface area contributed by atoms with Gasteiger partial charge in [-0.3, -0.25) is 96.3 Å². The van der Waals surface area contributed by atoms with Gasteiger partial charge < -0.3 is 101 Å². The van der Waals surface area contributed by atoms with E-state index < -0.39 is 205 Å². The number of guanidine groups is 1. The number of nitrogens with two attached hydrogens (primary N) is 3. The summed E-state index contributed by atoms with van der Waals surface area (Å²) in [6, 6.07) is 4.05. The minimum absolute atomic E-state index is 0.0210. The maximum absolute atomic E-state index is 15.2. The third-order valence-electron chi connectivity index (χ3n) is 19.8. The van der Waals surface area contributed by atoms with Crippen molar-refractivity contribution in [3.63, 3.8) is 0 Å². The Morgan fingerprint density at radius 1 is 0.517 bits per heavy atom. The first kappa shape index (κ1) is 99.8. The maximum atomic E-state index is 15.2. The topological polar surface area (TPSA) is 622 Å². The van der Waals surface area contributed by atoms with Crippen LogP contribution in [0.15, 0.2) is 71.7 Å². The maximum Gasteiger partial charge on any atom is 0.317 e. The molecule has 2 aliphatic heterocycles. The van der Waals surface area contributed by atoms with Gasteiger partial charge in [0.1, 0.15) is 65.9 Å². The number of primary amides is 1. The fourth-order valence-corrected chi connectivity index (χ4v) is 14.0. The molecule has 9 atom stereocenters. The van der Waals surface area contributed by atoms with Crippen molar-refractivity contribution in [1.29, 1.82) is 0 Å². The molecule has 2 fully saturated rings. The fourth-order valence-electron chi connectivity index (χ4n) is 13.3. The summed E-state index contributed by atoms with van der Waals surface area (Å²) < 4.78 is 35.2. The number of amides is 11. The molecule has 3 aromatic rings. The molecule has 41 nitrogen and oxygen atoms in total. The van der Waals surface area contributed by atoms with Crippen LogP contribution in [0.25, 0.3) is 10.8 Å². The molecule has 0 aliphatic carbocycles. The molecular formula is C78H122N20O21S. The lowest BCUT2D eigenvalue weighted by atomic mass is 10.00.